The van der Waals surface area contributed by atoms with Crippen molar-refractivity contribution >= 4 is 15.9 Å². The predicted molar refractivity (Wildman–Crippen MR) is 91.1 cm³/mol. The lowest BCUT2D eigenvalue weighted by atomic mass is 10.2. The molecule has 1 aliphatic rings. The Hall–Kier alpha value is -2.48. The van der Waals surface area contributed by atoms with Gasteiger partial charge in [-0.15, -0.1) is 5.10 Å². The molecule has 3 rings (SSSR count). The van der Waals surface area contributed by atoms with Crippen LogP contribution >= 0.6 is 0 Å². The van der Waals surface area contributed by atoms with Crippen LogP contribution in [0.3, 0.4) is 0 Å². The van der Waals surface area contributed by atoms with Gasteiger partial charge in [-0.2, -0.15) is 5.10 Å². The molecule has 7 nitrogen and oxygen atoms in total. The van der Waals surface area contributed by atoms with Crippen LogP contribution in [0.25, 0.3) is 0 Å². The molecule has 0 aliphatic heterocycles. The summed E-state index contributed by atoms with van der Waals surface area (Å²) in [6.07, 6.45) is 2.02. The van der Waals surface area contributed by atoms with Crippen molar-refractivity contribution in [3.63, 3.8) is 0 Å². The lowest BCUT2D eigenvalue weighted by molar-refractivity contribution is 0.0975. The fourth-order valence-electron chi connectivity index (χ4n) is 2.63. The molecule has 1 aromatic heterocycles. The number of rotatable bonds is 5. The van der Waals surface area contributed by atoms with Crippen molar-refractivity contribution in [2.45, 2.75) is 37.5 Å². The Morgan fingerprint density at radius 3 is 2.52 bits per heavy atom. The summed E-state index contributed by atoms with van der Waals surface area (Å²) in [5, 5.41) is 7.89. The number of methoxy groups -OCH3 is 1. The summed E-state index contributed by atoms with van der Waals surface area (Å²) >= 11 is 0. The van der Waals surface area contributed by atoms with E-state index in [0.29, 0.717) is 22.9 Å². The summed E-state index contributed by atoms with van der Waals surface area (Å²) in [5.41, 5.74) is 2.10. The summed E-state index contributed by atoms with van der Waals surface area (Å²) in [4.78, 5) is 12.4. The molecule has 1 heterocycles. The summed E-state index contributed by atoms with van der Waals surface area (Å²) in [5.74, 6) is -0.0850. The molecule has 0 saturated heterocycles. The average Bonchev–Trinajstić information content (AvgIpc) is 3.38. The number of carbonyl (C=O) groups excluding carboxylic acids is 1. The molecular weight excluding hydrogens is 342 g/mol. The van der Waals surface area contributed by atoms with E-state index in [-0.39, 0.29) is 10.6 Å². The molecule has 1 fully saturated rings. The van der Waals surface area contributed by atoms with E-state index < -0.39 is 15.9 Å². The third kappa shape index (κ3) is 3.63. The number of sulfonamides is 1. The highest BCUT2D eigenvalue weighted by Gasteiger charge is 2.30. The maximum atomic E-state index is 12.5. The second-order valence-electron chi connectivity index (χ2n) is 6.16. The Balaban J connectivity index is 1.86. The molecule has 132 valence electrons. The molecule has 0 bridgehead atoms. The van der Waals surface area contributed by atoms with Crippen molar-refractivity contribution in [2.75, 3.05) is 7.11 Å². The number of aromatic nitrogens is 2. The standard InChI is InChI=1S/C17H19N3O4S/c1-10-4-7-15(11(2)8-10)25(22,23)20-17(21)13-9-14(24-3)16(19-18-13)12-5-6-12/h4,7-9,12H,5-6H2,1-3H3,(H,20,21). The molecule has 1 aliphatic carbocycles. The highest BCUT2D eigenvalue weighted by molar-refractivity contribution is 7.90. The van der Waals surface area contributed by atoms with Gasteiger partial charge in [0, 0.05) is 12.0 Å². The molecule has 25 heavy (non-hydrogen) atoms. The van der Waals surface area contributed by atoms with Gasteiger partial charge >= 0.3 is 0 Å². The van der Waals surface area contributed by atoms with Gasteiger partial charge in [0.2, 0.25) is 0 Å². The van der Waals surface area contributed by atoms with Gasteiger partial charge in [-0.25, -0.2) is 13.1 Å². The minimum absolute atomic E-state index is 0.0565. The third-order valence-corrected chi connectivity index (χ3v) is 5.54. The van der Waals surface area contributed by atoms with Crippen LogP contribution in [-0.4, -0.2) is 31.6 Å². The normalized spacial score (nSPS) is 14.2. The third-order valence-electron chi connectivity index (χ3n) is 4.05. The van der Waals surface area contributed by atoms with Gasteiger partial charge in [0.05, 0.1) is 12.0 Å². The smallest absolute Gasteiger partial charge is 0.285 e. The van der Waals surface area contributed by atoms with Crippen molar-refractivity contribution in [1.82, 2.24) is 14.9 Å². The van der Waals surface area contributed by atoms with E-state index in [1.54, 1.807) is 19.1 Å². The summed E-state index contributed by atoms with van der Waals surface area (Å²) in [7, 11) is -2.51. The van der Waals surface area contributed by atoms with Crippen molar-refractivity contribution in [1.29, 1.82) is 0 Å². The summed E-state index contributed by atoms with van der Waals surface area (Å²) in [6.45, 7) is 3.55. The second-order valence-corrected chi connectivity index (χ2v) is 7.81. The Morgan fingerprint density at radius 2 is 1.92 bits per heavy atom. The van der Waals surface area contributed by atoms with Gasteiger partial charge in [-0.1, -0.05) is 17.7 Å². The number of amides is 1. The minimum Gasteiger partial charge on any atom is -0.495 e. The van der Waals surface area contributed by atoms with Crippen LogP contribution in [0, 0.1) is 13.8 Å². The fraction of sp³-hybridized carbons (Fsp3) is 0.353. The zero-order valence-corrected chi connectivity index (χ0v) is 15.1. The first-order chi connectivity index (χ1) is 11.8. The molecule has 0 radical (unpaired) electrons. The van der Waals surface area contributed by atoms with Crippen LogP contribution < -0.4 is 9.46 Å². The van der Waals surface area contributed by atoms with Crippen LogP contribution in [0.15, 0.2) is 29.2 Å². The van der Waals surface area contributed by atoms with Crippen molar-refractivity contribution in [2.24, 2.45) is 0 Å². The minimum atomic E-state index is -4.00. The van der Waals surface area contributed by atoms with Gasteiger partial charge in [0.25, 0.3) is 15.9 Å². The van der Waals surface area contributed by atoms with Crippen LogP contribution in [0.1, 0.15) is 46.1 Å². The van der Waals surface area contributed by atoms with Crippen LogP contribution in [0.5, 0.6) is 5.75 Å². The number of nitrogens with zero attached hydrogens (tertiary/aromatic N) is 2. The molecular formula is C17H19N3O4S. The molecule has 1 N–H and O–H groups in total. The first-order valence-corrected chi connectivity index (χ1v) is 9.36. The van der Waals surface area contributed by atoms with Crippen molar-refractivity contribution < 1.29 is 17.9 Å². The van der Waals surface area contributed by atoms with Crippen LogP contribution in [0.4, 0.5) is 0 Å². The first-order valence-electron chi connectivity index (χ1n) is 7.88. The van der Waals surface area contributed by atoms with Gasteiger partial charge in [0.1, 0.15) is 11.4 Å². The summed E-state index contributed by atoms with van der Waals surface area (Å²) in [6, 6.07) is 6.32. The predicted octanol–water partition coefficient (Wildman–Crippen LogP) is 2.10. The van der Waals surface area contributed by atoms with Gasteiger partial charge in [-0.3, -0.25) is 4.79 Å². The van der Waals surface area contributed by atoms with E-state index in [9.17, 15) is 13.2 Å². The van der Waals surface area contributed by atoms with E-state index >= 15 is 0 Å². The Morgan fingerprint density at radius 1 is 1.20 bits per heavy atom. The molecule has 1 aromatic carbocycles. The highest BCUT2D eigenvalue weighted by atomic mass is 32.2. The second kappa shape index (κ2) is 6.44. The lowest BCUT2D eigenvalue weighted by Gasteiger charge is -2.11. The quantitative estimate of drug-likeness (QED) is 0.876. The number of hydrogen-bond acceptors (Lipinski definition) is 6. The Labute approximate surface area is 146 Å². The number of hydrogen-bond donors (Lipinski definition) is 1. The van der Waals surface area contributed by atoms with Gasteiger partial charge < -0.3 is 4.74 Å². The van der Waals surface area contributed by atoms with E-state index in [2.05, 4.69) is 10.2 Å². The van der Waals surface area contributed by atoms with Crippen LogP contribution in [0.2, 0.25) is 0 Å². The number of ether oxygens (including phenoxy) is 1. The average molecular weight is 361 g/mol. The van der Waals surface area contributed by atoms with Crippen LogP contribution in [-0.2, 0) is 10.0 Å². The highest BCUT2D eigenvalue weighted by Crippen LogP contribution is 2.42. The Kier molecular flexibility index (Phi) is 4.47. The molecule has 2 aromatic rings. The van der Waals surface area contributed by atoms with Gasteiger partial charge in [-0.05, 0) is 38.3 Å². The zero-order chi connectivity index (χ0) is 18.2. The fourth-order valence-corrected chi connectivity index (χ4v) is 3.82. The zero-order valence-electron chi connectivity index (χ0n) is 14.2. The molecule has 1 amide bonds. The van der Waals surface area contributed by atoms with Gasteiger partial charge in [0.15, 0.2) is 5.69 Å². The summed E-state index contributed by atoms with van der Waals surface area (Å²) < 4.78 is 32.2. The first kappa shape index (κ1) is 17.3. The number of carbonyl (C=O) groups is 1. The van der Waals surface area contributed by atoms with E-state index in [1.807, 2.05) is 11.6 Å². The number of benzene rings is 1. The molecule has 0 unspecified atom stereocenters. The number of aryl methyl sites for hydroxylation is 2. The monoisotopic (exact) mass is 361 g/mol. The largest absolute Gasteiger partial charge is 0.495 e. The van der Waals surface area contributed by atoms with E-state index in [0.717, 1.165) is 18.4 Å². The number of nitrogens with one attached hydrogen (secondary N) is 1. The maximum absolute atomic E-state index is 12.5. The van der Waals surface area contributed by atoms with Crippen molar-refractivity contribution in [3.05, 3.63) is 46.8 Å². The molecule has 1 saturated carbocycles. The SMILES string of the molecule is COc1cc(C(=O)NS(=O)(=O)c2ccc(C)cc2C)nnc1C1CC1. The Bertz CT molecular complexity index is 937. The maximum Gasteiger partial charge on any atom is 0.285 e. The van der Waals surface area contributed by atoms with Crippen molar-refractivity contribution in [3.8, 4) is 5.75 Å². The topological polar surface area (TPSA) is 98.2 Å². The molecule has 8 heteroatoms. The lowest BCUT2D eigenvalue weighted by Crippen LogP contribution is -2.32. The molecule has 0 spiro atoms. The molecule has 0 atom stereocenters. The van der Waals surface area contributed by atoms with E-state index in [4.69, 9.17) is 4.74 Å². The van der Waals surface area contributed by atoms with E-state index in [1.165, 1.54) is 19.2 Å².